The average molecular weight is 456 g/mol. The standard InChI is InChI=1S/C27H25N3O4/c1-18-7-6-9-22(13-18)29-26(31)17-34-24-12-11-20(15-25(24)33-3)14-21(16-28)27(32)30-23-10-5-4-8-19(23)2/h4-15H,17H2,1-3H3,(H,29,31)(H,30,32)/b21-14-. The van der Waals surface area contributed by atoms with Crippen LogP contribution in [0.15, 0.2) is 72.3 Å². The molecule has 3 aromatic rings. The van der Waals surface area contributed by atoms with Gasteiger partial charge in [-0.3, -0.25) is 9.59 Å². The van der Waals surface area contributed by atoms with Crippen molar-refractivity contribution in [1.82, 2.24) is 0 Å². The lowest BCUT2D eigenvalue weighted by atomic mass is 10.1. The number of rotatable bonds is 8. The van der Waals surface area contributed by atoms with E-state index in [0.717, 1.165) is 11.1 Å². The molecular formula is C27H25N3O4. The minimum Gasteiger partial charge on any atom is -0.493 e. The van der Waals surface area contributed by atoms with Crippen molar-refractivity contribution in [2.45, 2.75) is 13.8 Å². The van der Waals surface area contributed by atoms with Gasteiger partial charge in [-0.15, -0.1) is 0 Å². The zero-order valence-electron chi connectivity index (χ0n) is 19.2. The number of para-hydroxylation sites is 1. The number of anilines is 2. The van der Waals surface area contributed by atoms with E-state index in [9.17, 15) is 14.9 Å². The van der Waals surface area contributed by atoms with Crippen molar-refractivity contribution in [3.8, 4) is 17.6 Å². The van der Waals surface area contributed by atoms with Crippen LogP contribution in [0.1, 0.15) is 16.7 Å². The average Bonchev–Trinajstić information content (AvgIpc) is 2.82. The first-order valence-electron chi connectivity index (χ1n) is 10.6. The summed E-state index contributed by atoms with van der Waals surface area (Å²) in [6.07, 6.45) is 1.46. The number of ether oxygens (including phenoxy) is 2. The van der Waals surface area contributed by atoms with Crippen molar-refractivity contribution in [3.63, 3.8) is 0 Å². The maximum atomic E-state index is 12.6. The van der Waals surface area contributed by atoms with Gasteiger partial charge in [0, 0.05) is 11.4 Å². The maximum absolute atomic E-state index is 12.6. The van der Waals surface area contributed by atoms with Crippen LogP contribution in [0.3, 0.4) is 0 Å². The van der Waals surface area contributed by atoms with E-state index in [4.69, 9.17) is 9.47 Å². The van der Waals surface area contributed by atoms with Gasteiger partial charge >= 0.3 is 0 Å². The number of nitrogens with one attached hydrogen (secondary N) is 2. The summed E-state index contributed by atoms with van der Waals surface area (Å²) in [5.41, 5.74) is 3.77. The molecule has 0 bridgehead atoms. The van der Waals surface area contributed by atoms with Crippen LogP contribution in [-0.2, 0) is 9.59 Å². The number of hydrogen-bond acceptors (Lipinski definition) is 5. The summed E-state index contributed by atoms with van der Waals surface area (Å²) in [5, 5.41) is 15.0. The molecule has 0 heterocycles. The van der Waals surface area contributed by atoms with Crippen molar-refractivity contribution in [2.75, 3.05) is 24.4 Å². The predicted octanol–water partition coefficient (Wildman–Crippen LogP) is 4.88. The molecule has 0 aliphatic carbocycles. The molecule has 0 aliphatic rings. The van der Waals surface area contributed by atoms with Gasteiger partial charge in [0.2, 0.25) is 0 Å². The number of carbonyl (C=O) groups is 2. The number of methoxy groups -OCH3 is 1. The van der Waals surface area contributed by atoms with E-state index >= 15 is 0 Å². The Bertz CT molecular complexity index is 1270. The molecule has 2 N–H and O–H groups in total. The van der Waals surface area contributed by atoms with Crippen molar-refractivity contribution in [1.29, 1.82) is 5.26 Å². The lowest BCUT2D eigenvalue weighted by Gasteiger charge is -2.12. The quantitative estimate of drug-likeness (QED) is 0.373. The zero-order valence-corrected chi connectivity index (χ0v) is 19.2. The molecule has 0 aromatic heterocycles. The summed E-state index contributed by atoms with van der Waals surface area (Å²) >= 11 is 0. The normalized spacial score (nSPS) is 10.7. The second-order valence-corrected chi connectivity index (χ2v) is 7.56. The highest BCUT2D eigenvalue weighted by molar-refractivity contribution is 6.10. The van der Waals surface area contributed by atoms with Gasteiger partial charge in [0.25, 0.3) is 11.8 Å². The van der Waals surface area contributed by atoms with Gasteiger partial charge in [0.1, 0.15) is 11.6 Å². The highest BCUT2D eigenvalue weighted by Crippen LogP contribution is 2.29. The lowest BCUT2D eigenvalue weighted by molar-refractivity contribution is -0.118. The fourth-order valence-corrected chi connectivity index (χ4v) is 3.17. The molecule has 34 heavy (non-hydrogen) atoms. The first kappa shape index (κ1) is 24.1. The van der Waals surface area contributed by atoms with Crippen LogP contribution in [0.4, 0.5) is 11.4 Å². The van der Waals surface area contributed by atoms with Gasteiger partial charge in [-0.2, -0.15) is 5.26 Å². The molecule has 3 aromatic carbocycles. The molecule has 2 amide bonds. The third-order valence-electron chi connectivity index (χ3n) is 4.92. The van der Waals surface area contributed by atoms with Crippen LogP contribution in [0.25, 0.3) is 6.08 Å². The molecule has 3 rings (SSSR count). The summed E-state index contributed by atoms with van der Waals surface area (Å²) in [4.78, 5) is 24.8. The van der Waals surface area contributed by atoms with E-state index in [1.54, 1.807) is 30.3 Å². The summed E-state index contributed by atoms with van der Waals surface area (Å²) < 4.78 is 11.0. The van der Waals surface area contributed by atoms with Gasteiger partial charge in [0.15, 0.2) is 18.1 Å². The smallest absolute Gasteiger partial charge is 0.266 e. The number of hydrogen-bond donors (Lipinski definition) is 2. The fourth-order valence-electron chi connectivity index (χ4n) is 3.17. The Morgan fingerprint density at radius 1 is 0.971 bits per heavy atom. The van der Waals surface area contributed by atoms with E-state index in [0.29, 0.717) is 28.4 Å². The van der Waals surface area contributed by atoms with Crippen LogP contribution in [-0.4, -0.2) is 25.5 Å². The predicted molar refractivity (Wildman–Crippen MR) is 132 cm³/mol. The summed E-state index contributed by atoms with van der Waals surface area (Å²) in [6.45, 7) is 3.61. The molecule has 172 valence electrons. The Morgan fingerprint density at radius 2 is 1.76 bits per heavy atom. The summed E-state index contributed by atoms with van der Waals surface area (Å²) in [6, 6.07) is 21.6. The molecule has 0 unspecified atom stereocenters. The van der Waals surface area contributed by atoms with Crippen molar-refractivity contribution in [2.24, 2.45) is 0 Å². The largest absolute Gasteiger partial charge is 0.493 e. The van der Waals surface area contributed by atoms with Gasteiger partial charge < -0.3 is 20.1 Å². The topological polar surface area (TPSA) is 100 Å². The molecular weight excluding hydrogens is 430 g/mol. The van der Waals surface area contributed by atoms with E-state index in [-0.39, 0.29) is 18.1 Å². The number of nitrogens with zero attached hydrogens (tertiary/aromatic N) is 1. The molecule has 0 fully saturated rings. The lowest BCUT2D eigenvalue weighted by Crippen LogP contribution is -2.20. The Balaban J connectivity index is 1.69. The van der Waals surface area contributed by atoms with Gasteiger partial charge in [-0.25, -0.2) is 0 Å². The summed E-state index contributed by atoms with van der Waals surface area (Å²) in [5.74, 6) is -0.0872. The minimum atomic E-state index is -0.510. The number of carbonyl (C=O) groups excluding carboxylic acids is 2. The second kappa shape index (κ2) is 11.3. The van der Waals surface area contributed by atoms with E-state index in [1.807, 2.05) is 56.3 Å². The van der Waals surface area contributed by atoms with E-state index in [1.165, 1.54) is 13.2 Å². The fraction of sp³-hybridized carbons (Fsp3) is 0.148. The molecule has 0 spiro atoms. The molecule has 0 atom stereocenters. The number of amides is 2. The zero-order chi connectivity index (χ0) is 24.5. The molecule has 0 saturated carbocycles. The maximum Gasteiger partial charge on any atom is 0.266 e. The van der Waals surface area contributed by atoms with E-state index in [2.05, 4.69) is 10.6 Å². The molecule has 7 nitrogen and oxygen atoms in total. The third kappa shape index (κ3) is 6.47. The Hall–Kier alpha value is -4.57. The van der Waals surface area contributed by atoms with Crippen LogP contribution >= 0.6 is 0 Å². The molecule has 0 radical (unpaired) electrons. The van der Waals surface area contributed by atoms with Crippen LogP contribution in [0.5, 0.6) is 11.5 Å². The van der Waals surface area contributed by atoms with Crippen molar-refractivity contribution < 1.29 is 19.1 Å². The van der Waals surface area contributed by atoms with Gasteiger partial charge in [0.05, 0.1) is 7.11 Å². The first-order chi connectivity index (χ1) is 16.4. The number of benzene rings is 3. The van der Waals surface area contributed by atoms with Crippen LogP contribution < -0.4 is 20.1 Å². The highest BCUT2D eigenvalue weighted by atomic mass is 16.5. The summed E-state index contributed by atoms with van der Waals surface area (Å²) in [7, 11) is 1.47. The molecule has 7 heteroatoms. The number of nitriles is 1. The SMILES string of the molecule is COc1cc(/C=C(/C#N)C(=O)Nc2ccccc2C)ccc1OCC(=O)Nc1cccc(C)c1. The molecule has 0 aliphatic heterocycles. The van der Waals surface area contributed by atoms with Crippen molar-refractivity contribution >= 4 is 29.3 Å². The Labute approximate surface area is 198 Å². The van der Waals surface area contributed by atoms with Crippen LogP contribution in [0, 0.1) is 25.2 Å². The second-order valence-electron chi connectivity index (χ2n) is 7.56. The Morgan fingerprint density at radius 3 is 2.47 bits per heavy atom. The Kier molecular flexibility index (Phi) is 8.03. The van der Waals surface area contributed by atoms with Crippen molar-refractivity contribution in [3.05, 3.63) is 89.0 Å². The van der Waals surface area contributed by atoms with Gasteiger partial charge in [-0.05, 0) is 66.9 Å². The highest BCUT2D eigenvalue weighted by Gasteiger charge is 2.13. The number of aryl methyl sites for hydroxylation is 2. The van der Waals surface area contributed by atoms with Gasteiger partial charge in [-0.1, -0.05) is 36.4 Å². The molecule has 0 saturated heterocycles. The monoisotopic (exact) mass is 455 g/mol. The van der Waals surface area contributed by atoms with E-state index < -0.39 is 5.91 Å². The first-order valence-corrected chi connectivity index (χ1v) is 10.6. The van der Waals surface area contributed by atoms with Crippen LogP contribution in [0.2, 0.25) is 0 Å². The minimum absolute atomic E-state index is 0.0588. The third-order valence-corrected chi connectivity index (χ3v) is 4.92.